The van der Waals surface area contributed by atoms with Gasteiger partial charge in [-0.3, -0.25) is 0 Å². The minimum Gasteiger partial charge on any atom is -0.227 e. The molecular weight excluding hydrogens is 569 g/mol. The molecule has 47 heavy (non-hydrogen) atoms. The van der Waals surface area contributed by atoms with Gasteiger partial charge in [0.15, 0.2) is 5.82 Å². The van der Waals surface area contributed by atoms with Crippen LogP contribution in [0.1, 0.15) is 25.0 Å². The molecule has 9 rings (SSSR count). The molecule has 8 aromatic rings. The Kier molecular flexibility index (Phi) is 6.20. The van der Waals surface area contributed by atoms with Crippen LogP contribution in [0.25, 0.3) is 77.7 Å². The van der Waals surface area contributed by atoms with Gasteiger partial charge in [-0.2, -0.15) is 0 Å². The highest BCUT2D eigenvalue weighted by Gasteiger charge is 2.35. The van der Waals surface area contributed by atoms with E-state index in [1.54, 1.807) is 0 Å². The van der Waals surface area contributed by atoms with Crippen LogP contribution in [0.4, 0.5) is 0 Å². The third kappa shape index (κ3) is 4.48. The maximum absolute atomic E-state index is 5.20. The molecule has 0 fully saturated rings. The second-order valence-electron chi connectivity index (χ2n) is 13.0. The van der Waals surface area contributed by atoms with Crippen LogP contribution in [-0.4, -0.2) is 9.97 Å². The first-order chi connectivity index (χ1) is 23.0. The van der Waals surface area contributed by atoms with E-state index in [1.165, 1.54) is 44.3 Å². The van der Waals surface area contributed by atoms with Crippen LogP contribution in [0.5, 0.6) is 0 Å². The first kappa shape index (κ1) is 27.5. The van der Waals surface area contributed by atoms with Crippen LogP contribution < -0.4 is 0 Å². The molecule has 0 saturated heterocycles. The summed E-state index contributed by atoms with van der Waals surface area (Å²) in [5.41, 5.74) is 14.3. The van der Waals surface area contributed by atoms with Gasteiger partial charge in [0.05, 0.1) is 11.2 Å². The molecule has 0 spiro atoms. The lowest BCUT2D eigenvalue weighted by Crippen LogP contribution is -2.14. The fourth-order valence-electron chi connectivity index (χ4n) is 7.41. The summed E-state index contributed by atoms with van der Waals surface area (Å²) in [5.74, 6) is 0.735. The summed E-state index contributed by atoms with van der Waals surface area (Å²) >= 11 is 0. The maximum Gasteiger partial charge on any atom is 0.160 e. The number of nitrogens with zero attached hydrogens (tertiary/aromatic N) is 2. The fraction of sp³-hybridized carbons (Fsp3) is 0.0667. The van der Waals surface area contributed by atoms with E-state index in [0.29, 0.717) is 0 Å². The first-order valence-corrected chi connectivity index (χ1v) is 16.3. The largest absolute Gasteiger partial charge is 0.227 e. The summed E-state index contributed by atoms with van der Waals surface area (Å²) < 4.78 is 0. The van der Waals surface area contributed by atoms with E-state index in [0.717, 1.165) is 44.5 Å². The molecule has 2 nitrogen and oxygen atoms in total. The Balaban J connectivity index is 1.16. The molecule has 1 heterocycles. The predicted molar refractivity (Wildman–Crippen MR) is 196 cm³/mol. The van der Waals surface area contributed by atoms with Crippen molar-refractivity contribution in [3.63, 3.8) is 0 Å². The molecule has 0 amide bonds. The lowest BCUT2D eigenvalue weighted by atomic mass is 9.81. The molecule has 0 N–H and O–H groups in total. The minimum atomic E-state index is -0.0296. The molecule has 0 atom stereocenters. The van der Waals surface area contributed by atoms with Crippen LogP contribution in [0.3, 0.4) is 0 Å². The topological polar surface area (TPSA) is 25.8 Å². The zero-order chi connectivity index (χ0) is 31.5. The highest BCUT2D eigenvalue weighted by atomic mass is 14.9. The minimum absolute atomic E-state index is 0.0296. The van der Waals surface area contributed by atoms with Crippen molar-refractivity contribution < 1.29 is 0 Å². The van der Waals surface area contributed by atoms with E-state index in [2.05, 4.69) is 153 Å². The molecule has 222 valence electrons. The first-order valence-electron chi connectivity index (χ1n) is 16.3. The highest BCUT2D eigenvalue weighted by molar-refractivity contribution is 6.09. The van der Waals surface area contributed by atoms with Crippen molar-refractivity contribution in [1.29, 1.82) is 0 Å². The Morgan fingerprint density at radius 3 is 1.83 bits per heavy atom. The van der Waals surface area contributed by atoms with Gasteiger partial charge in [-0.25, -0.2) is 9.97 Å². The molecule has 0 bridgehead atoms. The van der Waals surface area contributed by atoms with E-state index >= 15 is 0 Å². The maximum atomic E-state index is 5.20. The van der Waals surface area contributed by atoms with Crippen LogP contribution in [0.2, 0.25) is 0 Å². The molecule has 1 aromatic heterocycles. The SMILES string of the molecule is CC1(C)c2ccccc2-c2ccc(-c3cccc(-c4cccc(-c5nc(-c6ccccc6)nc6c5ccc5ccccc56)c4)c3)cc21. The standard InChI is InChI=1S/C45H32N2/c1-45(2)40-21-9-8-20-37(40)38-24-23-34(28-41(38)45)32-16-10-15-31(26-32)33-17-11-18-35(27-33)42-39-25-22-29-12-6-7-19-36(29)43(39)47-44(46-42)30-13-4-3-5-14-30/h3-28H,1-2H3. The zero-order valence-electron chi connectivity index (χ0n) is 26.4. The lowest BCUT2D eigenvalue weighted by Gasteiger charge is -2.22. The van der Waals surface area contributed by atoms with Crippen molar-refractivity contribution >= 4 is 21.7 Å². The summed E-state index contributed by atoms with van der Waals surface area (Å²) in [5, 5.41) is 3.36. The van der Waals surface area contributed by atoms with Gasteiger partial charge in [0.2, 0.25) is 0 Å². The summed E-state index contributed by atoms with van der Waals surface area (Å²) in [7, 11) is 0. The van der Waals surface area contributed by atoms with E-state index in [-0.39, 0.29) is 5.41 Å². The van der Waals surface area contributed by atoms with Crippen molar-refractivity contribution in [1.82, 2.24) is 9.97 Å². The number of rotatable bonds is 4. The molecule has 1 aliphatic rings. The molecule has 0 saturated carbocycles. The normalized spacial score (nSPS) is 13.1. The van der Waals surface area contributed by atoms with Gasteiger partial charge < -0.3 is 0 Å². The average molecular weight is 601 g/mol. The van der Waals surface area contributed by atoms with Gasteiger partial charge in [-0.05, 0) is 74.2 Å². The van der Waals surface area contributed by atoms with Crippen molar-refractivity contribution in [3.8, 4) is 56.0 Å². The van der Waals surface area contributed by atoms with Crippen LogP contribution >= 0.6 is 0 Å². The van der Waals surface area contributed by atoms with Crippen molar-refractivity contribution in [3.05, 3.63) is 169 Å². The van der Waals surface area contributed by atoms with E-state index in [1.807, 2.05) is 18.2 Å². The van der Waals surface area contributed by atoms with Gasteiger partial charge in [-0.1, -0.05) is 147 Å². The summed E-state index contributed by atoms with van der Waals surface area (Å²) in [6, 6.07) is 56.6. The van der Waals surface area contributed by atoms with Gasteiger partial charge in [0.1, 0.15) is 0 Å². The summed E-state index contributed by atoms with van der Waals surface area (Å²) in [4.78, 5) is 10.3. The van der Waals surface area contributed by atoms with E-state index < -0.39 is 0 Å². The number of aromatic nitrogens is 2. The van der Waals surface area contributed by atoms with E-state index in [9.17, 15) is 0 Å². The Labute approximate surface area is 275 Å². The third-order valence-electron chi connectivity index (χ3n) is 9.87. The van der Waals surface area contributed by atoms with Crippen LogP contribution in [-0.2, 0) is 5.41 Å². The average Bonchev–Trinajstić information content (AvgIpc) is 3.37. The molecule has 7 aromatic carbocycles. The van der Waals surface area contributed by atoms with Gasteiger partial charge in [-0.15, -0.1) is 0 Å². The van der Waals surface area contributed by atoms with Gasteiger partial charge >= 0.3 is 0 Å². The number of hydrogen-bond acceptors (Lipinski definition) is 2. The number of hydrogen-bond donors (Lipinski definition) is 0. The molecule has 1 aliphatic carbocycles. The Hall–Kier alpha value is -5.86. The fourth-order valence-corrected chi connectivity index (χ4v) is 7.41. The van der Waals surface area contributed by atoms with Crippen LogP contribution in [0.15, 0.2) is 158 Å². The molecule has 0 radical (unpaired) electrons. The monoisotopic (exact) mass is 600 g/mol. The summed E-state index contributed by atoms with van der Waals surface area (Å²) in [6.45, 7) is 4.68. The molecule has 2 heteroatoms. The van der Waals surface area contributed by atoms with Crippen LogP contribution in [0, 0.1) is 0 Å². The second-order valence-corrected chi connectivity index (χ2v) is 13.0. The van der Waals surface area contributed by atoms with Crippen molar-refractivity contribution in [2.75, 3.05) is 0 Å². The van der Waals surface area contributed by atoms with Crippen molar-refractivity contribution in [2.24, 2.45) is 0 Å². The quantitative estimate of drug-likeness (QED) is 0.188. The number of benzene rings is 7. The van der Waals surface area contributed by atoms with E-state index in [4.69, 9.17) is 9.97 Å². The highest BCUT2D eigenvalue weighted by Crippen LogP contribution is 2.49. The molecular formula is C45H32N2. The Morgan fingerprint density at radius 2 is 1.02 bits per heavy atom. The van der Waals surface area contributed by atoms with Crippen molar-refractivity contribution in [2.45, 2.75) is 19.3 Å². The zero-order valence-corrected chi connectivity index (χ0v) is 26.4. The predicted octanol–water partition coefficient (Wildman–Crippen LogP) is 11.8. The Morgan fingerprint density at radius 1 is 0.404 bits per heavy atom. The number of fused-ring (bicyclic) bond motifs is 6. The smallest absolute Gasteiger partial charge is 0.160 e. The Bertz CT molecular complexity index is 2490. The third-order valence-corrected chi connectivity index (χ3v) is 9.87. The summed E-state index contributed by atoms with van der Waals surface area (Å²) in [6.07, 6.45) is 0. The molecule has 0 unspecified atom stereocenters. The van der Waals surface area contributed by atoms with Gasteiger partial charge in [0, 0.05) is 27.3 Å². The lowest BCUT2D eigenvalue weighted by molar-refractivity contribution is 0.660. The molecule has 0 aliphatic heterocycles. The second kappa shape index (κ2) is 10.6. The van der Waals surface area contributed by atoms with Gasteiger partial charge in [0.25, 0.3) is 0 Å².